The third-order valence-electron chi connectivity index (χ3n) is 11.6. The van der Waals surface area contributed by atoms with Crippen LogP contribution in [0.15, 0.2) is 164 Å². The molecule has 0 saturated heterocycles. The Balaban J connectivity index is 1.15. The van der Waals surface area contributed by atoms with E-state index in [0.717, 1.165) is 93.6 Å². The normalized spacial score (nSPS) is 11.3. The van der Waals surface area contributed by atoms with Gasteiger partial charge in [-0.25, -0.2) is 0 Å². The first-order chi connectivity index (χ1) is 29.1. The van der Waals surface area contributed by atoms with Gasteiger partial charge in [0, 0.05) is 49.1 Å². The molecule has 270 valence electrons. The van der Waals surface area contributed by atoms with Crippen LogP contribution in [0.5, 0.6) is 0 Å². The summed E-state index contributed by atoms with van der Waals surface area (Å²) < 4.78 is 6.61. The molecule has 3 heterocycles. The van der Waals surface area contributed by atoms with Gasteiger partial charge in [-0.15, -0.1) is 0 Å². The Morgan fingerprint density at radius 1 is 0.339 bits per heavy atom. The molecule has 0 saturated carbocycles. The molecule has 11 rings (SSSR count). The van der Waals surface area contributed by atoms with Crippen LogP contribution in [0.2, 0.25) is 0 Å². The molecule has 0 bridgehead atoms. The minimum atomic E-state index is 0.483. The van der Waals surface area contributed by atoms with Gasteiger partial charge in [-0.1, -0.05) is 78.9 Å². The Bertz CT molecular complexity index is 3790. The van der Waals surface area contributed by atoms with Crippen LogP contribution >= 0.6 is 0 Å². The highest BCUT2D eigenvalue weighted by atomic mass is 15.0. The van der Waals surface area contributed by atoms with Gasteiger partial charge >= 0.3 is 0 Å². The van der Waals surface area contributed by atoms with Gasteiger partial charge in [-0.05, 0) is 84.9 Å². The summed E-state index contributed by atoms with van der Waals surface area (Å²) in [6.07, 6.45) is 0. The maximum absolute atomic E-state index is 10.8. The summed E-state index contributed by atoms with van der Waals surface area (Å²) in [6.45, 7) is 0. The average molecular weight is 750 g/mol. The Morgan fingerprint density at radius 2 is 0.898 bits per heavy atom. The SMILES string of the molecule is N#Cc1ccc2c(c1)c1ccccc1n2-c1cccc2c1c1ccccc1n2-c1ccccc1-c1ccc(-n2c3ccc(C#N)cc3c3cccc(C#N)c32)cc1C#N. The number of aromatic nitrogens is 3. The first-order valence-corrected chi connectivity index (χ1v) is 19.1. The largest absolute Gasteiger partial charge is 0.309 e. The van der Waals surface area contributed by atoms with Crippen molar-refractivity contribution in [3.63, 3.8) is 0 Å². The summed E-state index contributed by atoms with van der Waals surface area (Å²) in [5.74, 6) is 0. The second kappa shape index (κ2) is 12.8. The first-order valence-electron chi connectivity index (χ1n) is 19.1. The van der Waals surface area contributed by atoms with Crippen molar-refractivity contribution in [1.29, 1.82) is 21.0 Å². The number of fused-ring (bicyclic) bond motifs is 9. The number of nitriles is 4. The van der Waals surface area contributed by atoms with E-state index in [1.165, 1.54) is 0 Å². The highest BCUT2D eigenvalue weighted by Gasteiger charge is 2.23. The van der Waals surface area contributed by atoms with Crippen molar-refractivity contribution < 1.29 is 0 Å². The summed E-state index contributed by atoms with van der Waals surface area (Å²) >= 11 is 0. The van der Waals surface area contributed by atoms with Crippen molar-refractivity contribution in [2.75, 3.05) is 0 Å². The van der Waals surface area contributed by atoms with Crippen LogP contribution in [0.4, 0.5) is 0 Å². The van der Waals surface area contributed by atoms with Crippen molar-refractivity contribution in [2.45, 2.75) is 0 Å². The lowest BCUT2D eigenvalue weighted by Crippen LogP contribution is -2.00. The molecule has 0 spiro atoms. The molecular formula is C52H27N7. The number of benzene rings is 8. The van der Waals surface area contributed by atoms with Crippen LogP contribution in [0.3, 0.4) is 0 Å². The summed E-state index contributed by atoms with van der Waals surface area (Å²) in [7, 11) is 0. The molecule has 0 N–H and O–H groups in total. The third kappa shape index (κ3) is 4.78. The summed E-state index contributed by atoms with van der Waals surface area (Å²) in [6, 6.07) is 63.7. The van der Waals surface area contributed by atoms with E-state index >= 15 is 0 Å². The zero-order valence-electron chi connectivity index (χ0n) is 31.2. The van der Waals surface area contributed by atoms with Crippen LogP contribution < -0.4 is 0 Å². The van der Waals surface area contributed by atoms with Gasteiger partial charge in [-0.3, -0.25) is 0 Å². The molecule has 0 amide bonds. The van der Waals surface area contributed by atoms with E-state index in [-0.39, 0.29) is 0 Å². The van der Waals surface area contributed by atoms with Crippen molar-refractivity contribution >= 4 is 65.4 Å². The fourth-order valence-corrected chi connectivity index (χ4v) is 9.14. The Morgan fingerprint density at radius 3 is 1.64 bits per heavy atom. The van der Waals surface area contributed by atoms with E-state index in [9.17, 15) is 21.0 Å². The van der Waals surface area contributed by atoms with E-state index in [2.05, 4.69) is 106 Å². The van der Waals surface area contributed by atoms with Gasteiger partial charge in [-0.2, -0.15) is 21.0 Å². The molecule has 7 heteroatoms. The van der Waals surface area contributed by atoms with Crippen LogP contribution in [0.1, 0.15) is 22.3 Å². The molecule has 0 fully saturated rings. The van der Waals surface area contributed by atoms with E-state index in [1.807, 2.05) is 83.4 Å². The Kier molecular flexibility index (Phi) is 7.28. The molecule has 0 unspecified atom stereocenters. The topological polar surface area (TPSA) is 110 Å². The van der Waals surface area contributed by atoms with Crippen LogP contribution in [0.25, 0.3) is 93.6 Å². The number of hydrogen-bond acceptors (Lipinski definition) is 4. The lowest BCUT2D eigenvalue weighted by atomic mass is 9.97. The Labute approximate surface area is 337 Å². The molecule has 0 atom stereocenters. The predicted octanol–water partition coefficient (Wildman–Crippen LogP) is 12.1. The predicted molar refractivity (Wildman–Crippen MR) is 234 cm³/mol. The van der Waals surface area contributed by atoms with Crippen molar-refractivity contribution in [1.82, 2.24) is 13.7 Å². The molecule has 8 aromatic carbocycles. The molecule has 59 heavy (non-hydrogen) atoms. The second-order valence-corrected chi connectivity index (χ2v) is 14.6. The lowest BCUT2D eigenvalue weighted by Gasteiger charge is -2.17. The minimum Gasteiger partial charge on any atom is -0.309 e. The quantitative estimate of drug-likeness (QED) is 0.178. The lowest BCUT2D eigenvalue weighted by molar-refractivity contribution is 1.16. The molecule has 7 nitrogen and oxygen atoms in total. The van der Waals surface area contributed by atoms with Gasteiger partial charge in [0.15, 0.2) is 0 Å². The van der Waals surface area contributed by atoms with Gasteiger partial charge < -0.3 is 13.7 Å². The number of para-hydroxylation sites is 4. The summed E-state index contributed by atoms with van der Waals surface area (Å²) in [5.41, 5.74) is 12.2. The number of nitrogens with zero attached hydrogens (tertiary/aromatic N) is 7. The highest BCUT2D eigenvalue weighted by Crippen LogP contribution is 2.43. The van der Waals surface area contributed by atoms with Gasteiger partial charge in [0.1, 0.15) is 6.07 Å². The monoisotopic (exact) mass is 749 g/mol. The maximum atomic E-state index is 10.8. The van der Waals surface area contributed by atoms with E-state index < -0.39 is 0 Å². The average Bonchev–Trinajstić information content (AvgIpc) is 3.94. The standard InChI is InChI=1S/C52H27N7/c53-28-32-20-24-48-42(25-32)39-11-2-5-15-45(39)59(48)50-18-8-17-49-51(50)41-12-3-6-16-46(41)58(49)44-14-4-1-10-38(44)37-22-21-36(27-35(37)31-56)57-47-23-19-33(29-54)26-43(47)40-13-7-9-34(30-55)52(40)57/h1-27H. The van der Waals surface area contributed by atoms with E-state index in [4.69, 9.17) is 0 Å². The van der Waals surface area contributed by atoms with Gasteiger partial charge in [0.2, 0.25) is 0 Å². The fourth-order valence-electron chi connectivity index (χ4n) is 9.14. The fraction of sp³-hybridized carbons (Fsp3) is 0. The van der Waals surface area contributed by atoms with Crippen LogP contribution in [-0.4, -0.2) is 13.7 Å². The number of rotatable bonds is 4. The van der Waals surface area contributed by atoms with Crippen LogP contribution in [-0.2, 0) is 0 Å². The molecule has 0 aliphatic rings. The van der Waals surface area contributed by atoms with Crippen molar-refractivity contribution in [2.24, 2.45) is 0 Å². The van der Waals surface area contributed by atoms with Gasteiger partial charge in [0.05, 0.1) is 84.9 Å². The van der Waals surface area contributed by atoms with Gasteiger partial charge in [0.25, 0.3) is 0 Å². The first kappa shape index (κ1) is 33.5. The molecule has 0 aliphatic carbocycles. The zero-order valence-corrected chi connectivity index (χ0v) is 31.2. The summed E-state index contributed by atoms with van der Waals surface area (Å²) in [5, 5.41) is 46.5. The smallest absolute Gasteiger partial charge is 0.101 e. The number of hydrogen-bond donors (Lipinski definition) is 0. The minimum absolute atomic E-state index is 0.483. The van der Waals surface area contributed by atoms with Crippen molar-refractivity contribution in [3.8, 4) is 52.5 Å². The van der Waals surface area contributed by atoms with E-state index in [0.29, 0.717) is 22.3 Å². The molecular weight excluding hydrogens is 723 g/mol. The van der Waals surface area contributed by atoms with Crippen LogP contribution in [0, 0.1) is 45.3 Å². The molecule has 0 radical (unpaired) electrons. The maximum Gasteiger partial charge on any atom is 0.101 e. The Hall–Kier alpha value is -8.88. The molecule has 11 aromatic rings. The zero-order chi connectivity index (χ0) is 39.8. The molecule has 0 aliphatic heterocycles. The second-order valence-electron chi connectivity index (χ2n) is 14.6. The third-order valence-corrected chi connectivity index (χ3v) is 11.6. The molecule has 3 aromatic heterocycles. The highest BCUT2D eigenvalue weighted by molar-refractivity contribution is 6.17. The summed E-state index contributed by atoms with van der Waals surface area (Å²) in [4.78, 5) is 0. The van der Waals surface area contributed by atoms with Crippen molar-refractivity contribution in [3.05, 3.63) is 186 Å². The van der Waals surface area contributed by atoms with E-state index in [1.54, 1.807) is 12.1 Å².